The number of aryl methyl sites for hydroxylation is 1. The lowest BCUT2D eigenvalue weighted by molar-refractivity contribution is 0.0954. The molecule has 124 valence electrons. The lowest BCUT2D eigenvalue weighted by atomic mass is 9.55. The Morgan fingerprint density at radius 3 is 2.78 bits per heavy atom. The lowest BCUT2D eigenvalue weighted by Gasteiger charge is -2.49. The summed E-state index contributed by atoms with van der Waals surface area (Å²) in [6.45, 7) is 2.43. The summed E-state index contributed by atoms with van der Waals surface area (Å²) in [5.41, 5.74) is 4.29. The number of methoxy groups -OCH3 is 1. The largest absolute Gasteiger partial charge is 0.494 e. The molecule has 0 heterocycles. The Hall–Kier alpha value is -1.38. The van der Waals surface area contributed by atoms with Gasteiger partial charge in [0, 0.05) is 18.2 Å². The molecule has 4 atom stereocenters. The summed E-state index contributed by atoms with van der Waals surface area (Å²) in [5, 5.41) is 0. The first-order chi connectivity index (χ1) is 11.1. The third-order valence-corrected chi connectivity index (χ3v) is 7.01. The first kappa shape index (κ1) is 15.2. The van der Waals surface area contributed by atoms with Crippen molar-refractivity contribution in [1.82, 2.24) is 0 Å². The quantitative estimate of drug-likeness (QED) is 0.732. The van der Waals surface area contributed by atoms with Crippen molar-refractivity contribution in [2.45, 2.75) is 51.4 Å². The van der Waals surface area contributed by atoms with Gasteiger partial charge in [0.2, 0.25) is 0 Å². The average Bonchev–Trinajstić information content (AvgIpc) is 2.90. The van der Waals surface area contributed by atoms with Crippen molar-refractivity contribution in [3.05, 3.63) is 29.1 Å². The van der Waals surface area contributed by atoms with E-state index in [0.717, 1.165) is 18.3 Å². The minimum atomic E-state index is -0.216. The van der Waals surface area contributed by atoms with E-state index >= 15 is 0 Å². The third-order valence-electron chi connectivity index (χ3n) is 7.01. The van der Waals surface area contributed by atoms with E-state index < -0.39 is 0 Å². The Morgan fingerprint density at radius 1 is 1.22 bits per heavy atom. The molecule has 3 heteroatoms. The molecular formula is C20H26FNO. The van der Waals surface area contributed by atoms with Crippen LogP contribution in [0.4, 0.5) is 4.39 Å². The van der Waals surface area contributed by atoms with Gasteiger partial charge in [-0.2, -0.15) is 0 Å². The van der Waals surface area contributed by atoms with Crippen molar-refractivity contribution in [2.24, 2.45) is 22.2 Å². The standard InChI is InChI=1S/C20H26FNO/c1-20-9-8-13-14(16(20)6-7-19(20)22-2)5-4-12-10-17(21)18(23-3)11-15(12)13/h10-11,13-14,16H,4-9H2,1-3H3/t13?,14?,16?,20-/m0/s1. The Kier molecular flexibility index (Phi) is 3.51. The second kappa shape index (κ2) is 5.32. The molecule has 0 spiro atoms. The molecule has 3 aliphatic carbocycles. The molecule has 0 aliphatic heterocycles. The minimum Gasteiger partial charge on any atom is -0.494 e. The highest BCUT2D eigenvalue weighted by Crippen LogP contribution is 2.60. The van der Waals surface area contributed by atoms with Crippen molar-refractivity contribution in [1.29, 1.82) is 0 Å². The van der Waals surface area contributed by atoms with Crippen molar-refractivity contribution in [3.8, 4) is 5.75 Å². The van der Waals surface area contributed by atoms with Gasteiger partial charge in [0.1, 0.15) is 0 Å². The third kappa shape index (κ3) is 2.08. The van der Waals surface area contributed by atoms with E-state index in [1.165, 1.54) is 48.9 Å². The van der Waals surface area contributed by atoms with Crippen LogP contribution < -0.4 is 4.74 Å². The molecule has 0 saturated heterocycles. The smallest absolute Gasteiger partial charge is 0.165 e. The highest BCUT2D eigenvalue weighted by molar-refractivity contribution is 5.92. The predicted molar refractivity (Wildman–Crippen MR) is 90.9 cm³/mol. The summed E-state index contributed by atoms with van der Waals surface area (Å²) >= 11 is 0. The highest BCUT2D eigenvalue weighted by Gasteiger charge is 2.53. The number of rotatable bonds is 1. The van der Waals surface area contributed by atoms with Gasteiger partial charge in [-0.1, -0.05) is 6.92 Å². The maximum absolute atomic E-state index is 14.0. The van der Waals surface area contributed by atoms with Gasteiger partial charge in [-0.15, -0.1) is 0 Å². The van der Waals surface area contributed by atoms with Crippen LogP contribution in [0.2, 0.25) is 0 Å². The van der Waals surface area contributed by atoms with Gasteiger partial charge in [-0.25, -0.2) is 4.39 Å². The van der Waals surface area contributed by atoms with Crippen molar-refractivity contribution in [2.75, 3.05) is 14.2 Å². The summed E-state index contributed by atoms with van der Waals surface area (Å²) in [6.07, 6.45) is 7.05. The van der Waals surface area contributed by atoms with Crippen molar-refractivity contribution >= 4 is 5.71 Å². The Balaban J connectivity index is 1.73. The van der Waals surface area contributed by atoms with Crippen molar-refractivity contribution < 1.29 is 9.13 Å². The molecule has 1 aromatic carbocycles. The molecule has 2 saturated carbocycles. The summed E-state index contributed by atoms with van der Waals surface area (Å²) in [7, 11) is 3.52. The van der Waals surface area contributed by atoms with Crippen LogP contribution in [0.25, 0.3) is 0 Å². The van der Waals surface area contributed by atoms with Gasteiger partial charge in [0.15, 0.2) is 11.6 Å². The zero-order valence-corrected chi connectivity index (χ0v) is 14.4. The fraction of sp³-hybridized carbons (Fsp3) is 0.650. The Bertz CT molecular complexity index is 668. The van der Waals surface area contributed by atoms with Crippen LogP contribution in [0, 0.1) is 23.1 Å². The summed E-state index contributed by atoms with van der Waals surface area (Å²) in [4.78, 5) is 4.61. The number of fused-ring (bicyclic) bond motifs is 5. The summed E-state index contributed by atoms with van der Waals surface area (Å²) in [5.74, 6) is 2.22. The molecule has 2 fully saturated rings. The zero-order chi connectivity index (χ0) is 16.2. The van der Waals surface area contributed by atoms with E-state index in [2.05, 4.69) is 11.9 Å². The van der Waals surface area contributed by atoms with Crippen LogP contribution in [0.3, 0.4) is 0 Å². The average molecular weight is 315 g/mol. The fourth-order valence-electron chi connectivity index (χ4n) is 5.88. The van der Waals surface area contributed by atoms with E-state index in [4.69, 9.17) is 4.74 Å². The molecule has 0 amide bonds. The second-order valence-corrected chi connectivity index (χ2v) is 7.77. The van der Waals surface area contributed by atoms with Crippen LogP contribution in [0.5, 0.6) is 5.75 Å². The molecule has 23 heavy (non-hydrogen) atoms. The van der Waals surface area contributed by atoms with Gasteiger partial charge in [-0.05, 0) is 79.5 Å². The number of halogens is 1. The fourth-order valence-corrected chi connectivity index (χ4v) is 5.88. The molecule has 3 unspecified atom stereocenters. The molecule has 0 radical (unpaired) electrons. The van der Waals surface area contributed by atoms with E-state index in [-0.39, 0.29) is 5.82 Å². The number of nitrogens with zero attached hydrogens (tertiary/aromatic N) is 1. The number of ether oxygens (including phenoxy) is 1. The topological polar surface area (TPSA) is 21.6 Å². The SMILES string of the molecule is CN=C1CCC2C3CCc4cc(F)c(OC)cc4C3CC[C@]12C. The van der Waals surface area contributed by atoms with Crippen molar-refractivity contribution in [3.63, 3.8) is 0 Å². The van der Waals surface area contributed by atoms with Gasteiger partial charge in [0.05, 0.1) is 7.11 Å². The first-order valence-corrected chi connectivity index (χ1v) is 8.91. The molecule has 1 aromatic rings. The number of hydrogen-bond donors (Lipinski definition) is 0. The first-order valence-electron chi connectivity index (χ1n) is 8.91. The van der Waals surface area contributed by atoms with Gasteiger partial charge in [-0.3, -0.25) is 4.99 Å². The van der Waals surface area contributed by atoms with Gasteiger partial charge >= 0.3 is 0 Å². The monoisotopic (exact) mass is 315 g/mol. The molecule has 2 nitrogen and oxygen atoms in total. The van der Waals surface area contributed by atoms with E-state index in [1.54, 1.807) is 13.2 Å². The van der Waals surface area contributed by atoms with Crippen LogP contribution in [0.1, 0.15) is 56.1 Å². The number of hydrogen-bond acceptors (Lipinski definition) is 2. The Labute approximate surface area is 138 Å². The van der Waals surface area contributed by atoms with Crippen LogP contribution in [-0.2, 0) is 6.42 Å². The van der Waals surface area contributed by atoms with Crippen LogP contribution in [-0.4, -0.2) is 19.9 Å². The van der Waals surface area contributed by atoms with Crippen LogP contribution in [0.15, 0.2) is 17.1 Å². The number of benzene rings is 1. The van der Waals surface area contributed by atoms with E-state index in [1.807, 2.05) is 13.1 Å². The summed E-state index contributed by atoms with van der Waals surface area (Å²) < 4.78 is 19.3. The highest BCUT2D eigenvalue weighted by atomic mass is 19.1. The van der Waals surface area contributed by atoms with Gasteiger partial charge < -0.3 is 4.74 Å². The molecule has 0 N–H and O–H groups in total. The van der Waals surface area contributed by atoms with Crippen LogP contribution >= 0.6 is 0 Å². The molecular weight excluding hydrogens is 289 g/mol. The Morgan fingerprint density at radius 2 is 2.04 bits per heavy atom. The van der Waals surface area contributed by atoms with E-state index in [0.29, 0.717) is 17.1 Å². The number of aliphatic imine (C=N–C) groups is 1. The van der Waals surface area contributed by atoms with E-state index in [9.17, 15) is 4.39 Å². The molecule has 4 rings (SSSR count). The normalized spacial score (nSPS) is 37.2. The predicted octanol–water partition coefficient (Wildman–Crippen LogP) is 4.76. The summed E-state index contributed by atoms with van der Waals surface area (Å²) in [6, 6.07) is 3.69. The molecule has 3 aliphatic rings. The second-order valence-electron chi connectivity index (χ2n) is 7.77. The molecule has 0 bridgehead atoms. The lowest BCUT2D eigenvalue weighted by Crippen LogP contribution is -2.42. The minimum absolute atomic E-state index is 0.216. The molecule has 0 aromatic heterocycles. The zero-order valence-electron chi connectivity index (χ0n) is 14.4. The maximum atomic E-state index is 14.0. The van der Waals surface area contributed by atoms with Gasteiger partial charge in [0.25, 0.3) is 0 Å². The maximum Gasteiger partial charge on any atom is 0.165 e.